The summed E-state index contributed by atoms with van der Waals surface area (Å²) in [4.78, 5) is 16.4. The zero-order chi connectivity index (χ0) is 14.7. The molecule has 0 saturated heterocycles. The second-order valence-corrected chi connectivity index (χ2v) is 5.41. The largest absolute Gasteiger partial charge is 0.458 e. The molecule has 0 aliphatic heterocycles. The molecule has 3 aromatic rings. The second-order valence-electron chi connectivity index (χ2n) is 4.55. The van der Waals surface area contributed by atoms with Crippen LogP contribution in [0.1, 0.15) is 22.0 Å². The van der Waals surface area contributed by atoms with Crippen molar-refractivity contribution in [2.45, 2.75) is 6.92 Å². The van der Waals surface area contributed by atoms with E-state index in [0.29, 0.717) is 5.76 Å². The lowest BCUT2D eigenvalue weighted by Crippen LogP contribution is -1.90. The Bertz CT molecular complexity index is 784. The summed E-state index contributed by atoms with van der Waals surface area (Å²) in [6.45, 7) is 1.81. The zero-order valence-electron chi connectivity index (χ0n) is 11.4. The number of benzene rings is 1. The minimum atomic E-state index is -0.155. The quantitative estimate of drug-likeness (QED) is 0.521. The molecule has 104 valence electrons. The SMILES string of the molecule is Cc1ccc(C(=O)/C=C/c2csc(-c3ccccc3)n2)o1. The number of carbonyl (C=O) groups is 1. The number of hydrogen-bond acceptors (Lipinski definition) is 4. The maximum absolute atomic E-state index is 11.9. The van der Waals surface area contributed by atoms with E-state index in [-0.39, 0.29) is 5.78 Å². The zero-order valence-corrected chi connectivity index (χ0v) is 12.3. The summed E-state index contributed by atoms with van der Waals surface area (Å²) >= 11 is 1.56. The van der Waals surface area contributed by atoms with E-state index in [1.54, 1.807) is 29.5 Å². The Morgan fingerprint density at radius 3 is 2.71 bits per heavy atom. The van der Waals surface area contributed by atoms with E-state index in [9.17, 15) is 4.79 Å². The van der Waals surface area contributed by atoms with Crippen LogP contribution in [-0.4, -0.2) is 10.8 Å². The van der Waals surface area contributed by atoms with Gasteiger partial charge in [-0.2, -0.15) is 0 Å². The van der Waals surface area contributed by atoms with Crippen LogP contribution in [0.15, 0.2) is 58.3 Å². The molecule has 0 N–H and O–H groups in total. The fourth-order valence-electron chi connectivity index (χ4n) is 1.89. The molecular formula is C17H13NO2S. The van der Waals surface area contributed by atoms with E-state index in [1.165, 1.54) is 6.08 Å². The van der Waals surface area contributed by atoms with Crippen LogP contribution in [0.2, 0.25) is 0 Å². The Morgan fingerprint density at radius 1 is 1.19 bits per heavy atom. The van der Waals surface area contributed by atoms with Gasteiger partial charge in [-0.05, 0) is 31.2 Å². The third-order valence-corrected chi connectivity index (χ3v) is 3.84. The van der Waals surface area contributed by atoms with E-state index in [1.807, 2.05) is 42.6 Å². The van der Waals surface area contributed by atoms with Gasteiger partial charge in [0.05, 0.1) is 5.69 Å². The smallest absolute Gasteiger partial charge is 0.221 e. The van der Waals surface area contributed by atoms with Crippen molar-refractivity contribution >= 4 is 23.2 Å². The first-order valence-electron chi connectivity index (χ1n) is 6.52. The Morgan fingerprint density at radius 2 is 2.00 bits per heavy atom. The normalized spacial score (nSPS) is 11.1. The summed E-state index contributed by atoms with van der Waals surface area (Å²) in [6.07, 6.45) is 3.20. The number of aromatic nitrogens is 1. The number of rotatable bonds is 4. The third-order valence-electron chi connectivity index (χ3n) is 2.93. The van der Waals surface area contributed by atoms with Crippen molar-refractivity contribution in [3.05, 3.63) is 71.1 Å². The highest BCUT2D eigenvalue weighted by atomic mass is 32.1. The highest BCUT2D eigenvalue weighted by molar-refractivity contribution is 7.13. The topological polar surface area (TPSA) is 43.1 Å². The summed E-state index contributed by atoms with van der Waals surface area (Å²) < 4.78 is 5.29. The predicted octanol–water partition coefficient (Wildman–Crippen LogP) is 4.61. The van der Waals surface area contributed by atoms with Crippen molar-refractivity contribution in [1.29, 1.82) is 0 Å². The predicted molar refractivity (Wildman–Crippen MR) is 84.4 cm³/mol. The molecule has 2 heterocycles. The molecule has 3 nitrogen and oxygen atoms in total. The minimum Gasteiger partial charge on any atom is -0.458 e. The van der Waals surface area contributed by atoms with Crippen molar-refractivity contribution in [1.82, 2.24) is 4.98 Å². The minimum absolute atomic E-state index is 0.155. The summed E-state index contributed by atoms with van der Waals surface area (Å²) in [5.74, 6) is 0.923. The molecule has 1 aromatic carbocycles. The summed E-state index contributed by atoms with van der Waals surface area (Å²) in [5, 5.41) is 2.87. The molecule has 2 aromatic heterocycles. The molecule has 0 bridgehead atoms. The molecule has 0 fully saturated rings. The summed E-state index contributed by atoms with van der Waals surface area (Å²) in [6, 6.07) is 13.4. The molecule has 4 heteroatoms. The van der Waals surface area contributed by atoms with Gasteiger partial charge in [0.1, 0.15) is 10.8 Å². The monoisotopic (exact) mass is 295 g/mol. The molecule has 0 atom stereocenters. The third kappa shape index (κ3) is 3.17. The Kier molecular flexibility index (Phi) is 3.79. The lowest BCUT2D eigenvalue weighted by atomic mass is 10.2. The summed E-state index contributed by atoms with van der Waals surface area (Å²) in [7, 11) is 0. The van der Waals surface area contributed by atoms with Gasteiger partial charge in [0.15, 0.2) is 5.76 Å². The number of carbonyl (C=O) groups excluding carboxylic acids is 1. The van der Waals surface area contributed by atoms with Gasteiger partial charge in [-0.1, -0.05) is 30.3 Å². The van der Waals surface area contributed by atoms with E-state index in [0.717, 1.165) is 22.0 Å². The van der Waals surface area contributed by atoms with Crippen LogP contribution in [0.5, 0.6) is 0 Å². The lowest BCUT2D eigenvalue weighted by Gasteiger charge is -1.93. The Labute approximate surface area is 126 Å². The van der Waals surface area contributed by atoms with E-state index < -0.39 is 0 Å². The summed E-state index contributed by atoms with van der Waals surface area (Å²) in [5.41, 5.74) is 1.85. The first-order valence-corrected chi connectivity index (χ1v) is 7.40. The number of thiazole rings is 1. The number of ketones is 1. The molecule has 0 saturated carbocycles. The van der Waals surface area contributed by atoms with Gasteiger partial charge >= 0.3 is 0 Å². The van der Waals surface area contributed by atoms with Crippen molar-refractivity contribution in [2.24, 2.45) is 0 Å². The van der Waals surface area contributed by atoms with Gasteiger partial charge in [-0.15, -0.1) is 11.3 Å². The van der Waals surface area contributed by atoms with Gasteiger partial charge in [-0.25, -0.2) is 4.98 Å². The van der Waals surface area contributed by atoms with Crippen molar-refractivity contribution in [3.63, 3.8) is 0 Å². The number of aryl methyl sites for hydroxylation is 1. The molecule has 0 spiro atoms. The Hall–Kier alpha value is -2.46. The number of hydrogen-bond donors (Lipinski definition) is 0. The molecule has 3 rings (SSSR count). The van der Waals surface area contributed by atoms with E-state index in [4.69, 9.17) is 4.42 Å². The second kappa shape index (κ2) is 5.89. The first kappa shape index (κ1) is 13.5. The van der Waals surface area contributed by atoms with Gasteiger partial charge in [0.2, 0.25) is 5.78 Å². The maximum Gasteiger partial charge on any atom is 0.221 e. The van der Waals surface area contributed by atoms with Crippen LogP contribution >= 0.6 is 11.3 Å². The van der Waals surface area contributed by atoms with Crippen LogP contribution in [0, 0.1) is 6.92 Å². The van der Waals surface area contributed by atoms with Crippen molar-refractivity contribution in [2.75, 3.05) is 0 Å². The van der Waals surface area contributed by atoms with Crippen molar-refractivity contribution in [3.8, 4) is 10.6 Å². The number of nitrogens with zero attached hydrogens (tertiary/aromatic N) is 1. The molecule has 0 aliphatic carbocycles. The van der Waals surface area contributed by atoms with Gasteiger partial charge in [0.25, 0.3) is 0 Å². The molecule has 0 aliphatic rings. The fourth-order valence-corrected chi connectivity index (χ4v) is 2.68. The molecule has 21 heavy (non-hydrogen) atoms. The average Bonchev–Trinajstić information content (AvgIpc) is 3.15. The maximum atomic E-state index is 11.9. The van der Waals surface area contributed by atoms with Crippen LogP contribution < -0.4 is 0 Å². The van der Waals surface area contributed by atoms with Crippen molar-refractivity contribution < 1.29 is 9.21 Å². The van der Waals surface area contributed by atoms with Crippen LogP contribution in [-0.2, 0) is 0 Å². The van der Waals surface area contributed by atoms with Crippen LogP contribution in [0.4, 0.5) is 0 Å². The average molecular weight is 295 g/mol. The molecular weight excluding hydrogens is 282 g/mol. The fraction of sp³-hybridized carbons (Fsp3) is 0.0588. The standard InChI is InChI=1S/C17H13NO2S/c1-12-7-10-16(20-12)15(19)9-8-14-11-21-17(18-14)13-5-3-2-4-6-13/h2-11H,1H3/b9-8+. The van der Waals surface area contributed by atoms with E-state index in [2.05, 4.69) is 4.98 Å². The highest BCUT2D eigenvalue weighted by Gasteiger charge is 2.07. The van der Waals surface area contributed by atoms with Crippen LogP contribution in [0.3, 0.4) is 0 Å². The first-order chi connectivity index (χ1) is 10.2. The van der Waals surface area contributed by atoms with E-state index >= 15 is 0 Å². The van der Waals surface area contributed by atoms with Gasteiger partial charge in [0, 0.05) is 10.9 Å². The molecule has 0 radical (unpaired) electrons. The van der Waals surface area contributed by atoms with Gasteiger partial charge in [-0.3, -0.25) is 4.79 Å². The van der Waals surface area contributed by atoms with Gasteiger partial charge < -0.3 is 4.42 Å². The lowest BCUT2D eigenvalue weighted by molar-refractivity contribution is 0.102. The number of allylic oxidation sites excluding steroid dienone is 1. The Balaban J connectivity index is 1.75. The number of furan rings is 1. The van der Waals surface area contributed by atoms with Crippen LogP contribution in [0.25, 0.3) is 16.6 Å². The molecule has 0 unspecified atom stereocenters. The highest BCUT2D eigenvalue weighted by Crippen LogP contribution is 2.23. The molecule has 0 amide bonds.